The van der Waals surface area contributed by atoms with Crippen LogP contribution >= 0.6 is 0 Å². The van der Waals surface area contributed by atoms with Gasteiger partial charge in [-0.05, 0) is 36.6 Å². The van der Waals surface area contributed by atoms with Crippen molar-refractivity contribution in [2.45, 2.75) is 25.5 Å². The van der Waals surface area contributed by atoms with E-state index in [9.17, 15) is 13.6 Å². The number of carbonyl (C=O) groups is 1. The first kappa shape index (κ1) is 16.9. The van der Waals surface area contributed by atoms with Gasteiger partial charge in [0.25, 0.3) is 0 Å². The number of halogens is 2. The van der Waals surface area contributed by atoms with E-state index in [1.165, 1.54) is 6.07 Å². The molecule has 0 radical (unpaired) electrons. The van der Waals surface area contributed by atoms with Crippen LogP contribution in [-0.2, 0) is 17.8 Å². The van der Waals surface area contributed by atoms with Crippen molar-refractivity contribution in [1.82, 2.24) is 0 Å². The molecule has 0 fully saturated rings. The van der Waals surface area contributed by atoms with E-state index in [1.54, 1.807) is 13.0 Å². The Labute approximate surface area is 133 Å². The van der Waals surface area contributed by atoms with E-state index in [-0.39, 0.29) is 12.4 Å². The molecule has 23 heavy (non-hydrogen) atoms. The van der Waals surface area contributed by atoms with E-state index in [2.05, 4.69) is 0 Å². The van der Waals surface area contributed by atoms with E-state index in [4.69, 9.17) is 16.2 Å². The van der Waals surface area contributed by atoms with E-state index in [0.717, 1.165) is 23.3 Å². The van der Waals surface area contributed by atoms with Crippen molar-refractivity contribution in [1.29, 1.82) is 0 Å². The molecule has 0 bridgehead atoms. The molecule has 0 spiro atoms. The Balaban J connectivity index is 2.05. The molecule has 0 saturated heterocycles. The van der Waals surface area contributed by atoms with Crippen LogP contribution in [0.1, 0.15) is 18.1 Å². The minimum absolute atomic E-state index is 0.177. The second-order valence-electron chi connectivity index (χ2n) is 5.64. The Morgan fingerprint density at radius 3 is 2.48 bits per heavy atom. The molecule has 0 saturated carbocycles. The first-order valence-electron chi connectivity index (χ1n) is 7.02. The summed E-state index contributed by atoms with van der Waals surface area (Å²) in [6.07, 6.45) is 0.293. The molecule has 0 aliphatic rings. The van der Waals surface area contributed by atoms with E-state index in [1.807, 2.05) is 18.2 Å². The van der Waals surface area contributed by atoms with Crippen molar-refractivity contribution in [3.8, 4) is 5.75 Å². The number of nitrogens with two attached hydrogens (primary N) is 2. The fraction of sp³-hybridized carbons (Fsp3) is 0.235. The number of hydrogen-bond acceptors (Lipinski definition) is 3. The molecule has 2 rings (SSSR count). The average Bonchev–Trinajstić information content (AvgIpc) is 2.48. The van der Waals surface area contributed by atoms with Crippen LogP contribution in [0.25, 0.3) is 0 Å². The second-order valence-corrected chi connectivity index (χ2v) is 5.64. The highest BCUT2D eigenvalue weighted by Crippen LogP contribution is 2.18. The van der Waals surface area contributed by atoms with Gasteiger partial charge in [0.1, 0.15) is 12.4 Å². The lowest BCUT2D eigenvalue weighted by Crippen LogP contribution is -2.51. The van der Waals surface area contributed by atoms with Crippen molar-refractivity contribution < 1.29 is 18.3 Å². The minimum atomic E-state index is -1.14. The molecule has 0 heterocycles. The minimum Gasteiger partial charge on any atom is -0.489 e. The third-order valence-corrected chi connectivity index (χ3v) is 3.42. The molecule has 0 aliphatic heterocycles. The highest BCUT2D eigenvalue weighted by Gasteiger charge is 2.25. The fourth-order valence-corrected chi connectivity index (χ4v) is 2.07. The predicted molar refractivity (Wildman–Crippen MR) is 82.6 cm³/mol. The second kappa shape index (κ2) is 6.75. The molecular weight excluding hydrogens is 302 g/mol. The van der Waals surface area contributed by atoms with Crippen molar-refractivity contribution >= 4 is 5.91 Å². The van der Waals surface area contributed by atoms with Crippen LogP contribution in [-0.4, -0.2) is 11.4 Å². The molecule has 122 valence electrons. The molecule has 0 aromatic heterocycles. The summed E-state index contributed by atoms with van der Waals surface area (Å²) in [5.41, 5.74) is 11.6. The number of benzene rings is 2. The summed E-state index contributed by atoms with van der Waals surface area (Å²) in [5, 5.41) is 0. The van der Waals surface area contributed by atoms with Gasteiger partial charge in [0.05, 0.1) is 5.54 Å². The standard InChI is InChI=1S/C17H18F2N2O2/c1-17(21,16(20)22)9-11-3-2-4-12(7-11)10-23-13-5-6-14(18)15(19)8-13/h2-8H,9-10,21H2,1H3,(H2,20,22). The smallest absolute Gasteiger partial charge is 0.237 e. The van der Waals surface area contributed by atoms with Crippen LogP contribution < -0.4 is 16.2 Å². The zero-order valence-corrected chi connectivity index (χ0v) is 12.7. The number of primary amides is 1. The van der Waals surface area contributed by atoms with E-state index < -0.39 is 23.1 Å². The first-order chi connectivity index (χ1) is 10.8. The third-order valence-electron chi connectivity index (χ3n) is 3.42. The van der Waals surface area contributed by atoms with Gasteiger partial charge >= 0.3 is 0 Å². The van der Waals surface area contributed by atoms with E-state index in [0.29, 0.717) is 6.42 Å². The molecule has 1 amide bonds. The zero-order valence-electron chi connectivity index (χ0n) is 12.7. The Kier molecular flexibility index (Phi) is 4.95. The van der Waals surface area contributed by atoms with Crippen molar-refractivity contribution in [3.05, 3.63) is 65.2 Å². The number of amides is 1. The fourth-order valence-electron chi connectivity index (χ4n) is 2.07. The average molecular weight is 320 g/mol. The quantitative estimate of drug-likeness (QED) is 0.857. The molecule has 1 atom stereocenters. The molecular formula is C17H18F2N2O2. The van der Waals surface area contributed by atoms with Crippen molar-refractivity contribution in [2.24, 2.45) is 11.5 Å². The lowest BCUT2D eigenvalue weighted by Gasteiger charge is -2.20. The molecule has 2 aromatic carbocycles. The van der Waals surface area contributed by atoms with Crippen molar-refractivity contribution in [2.75, 3.05) is 0 Å². The maximum Gasteiger partial charge on any atom is 0.237 e. The lowest BCUT2D eigenvalue weighted by atomic mass is 9.92. The predicted octanol–water partition coefficient (Wildman–Crippen LogP) is 2.29. The zero-order chi connectivity index (χ0) is 17.0. The van der Waals surface area contributed by atoms with Gasteiger partial charge in [-0.3, -0.25) is 4.79 Å². The van der Waals surface area contributed by atoms with Crippen LogP contribution in [0.4, 0.5) is 8.78 Å². The van der Waals surface area contributed by atoms with Crippen LogP contribution in [0.3, 0.4) is 0 Å². The number of carbonyl (C=O) groups excluding carboxylic acids is 1. The van der Waals surface area contributed by atoms with Gasteiger partial charge in [-0.2, -0.15) is 0 Å². The molecule has 0 aliphatic carbocycles. The Morgan fingerprint density at radius 1 is 1.13 bits per heavy atom. The topological polar surface area (TPSA) is 78.3 Å². The maximum absolute atomic E-state index is 13.1. The van der Waals surface area contributed by atoms with Gasteiger partial charge in [0.2, 0.25) is 5.91 Å². The van der Waals surface area contributed by atoms with Gasteiger partial charge in [-0.1, -0.05) is 24.3 Å². The van der Waals surface area contributed by atoms with Crippen LogP contribution in [0.15, 0.2) is 42.5 Å². The van der Waals surface area contributed by atoms with Gasteiger partial charge in [0, 0.05) is 6.07 Å². The summed E-state index contributed by atoms with van der Waals surface area (Å²) in [6, 6.07) is 10.6. The Hall–Kier alpha value is -2.47. The monoisotopic (exact) mass is 320 g/mol. The van der Waals surface area contributed by atoms with Crippen molar-refractivity contribution in [3.63, 3.8) is 0 Å². The first-order valence-corrected chi connectivity index (χ1v) is 7.02. The summed E-state index contributed by atoms with van der Waals surface area (Å²) in [6.45, 7) is 1.75. The van der Waals surface area contributed by atoms with Crippen LogP contribution in [0, 0.1) is 11.6 Å². The molecule has 4 nitrogen and oxygen atoms in total. The molecule has 6 heteroatoms. The summed E-state index contributed by atoms with van der Waals surface area (Å²) in [7, 11) is 0. The highest BCUT2D eigenvalue weighted by atomic mass is 19.2. The summed E-state index contributed by atoms with van der Waals surface area (Å²) in [5.74, 6) is -2.24. The highest BCUT2D eigenvalue weighted by molar-refractivity contribution is 5.84. The van der Waals surface area contributed by atoms with Gasteiger partial charge in [-0.25, -0.2) is 8.78 Å². The Bertz CT molecular complexity index is 717. The molecule has 2 aromatic rings. The van der Waals surface area contributed by atoms with Crippen LogP contribution in [0.5, 0.6) is 5.75 Å². The largest absolute Gasteiger partial charge is 0.489 e. The lowest BCUT2D eigenvalue weighted by molar-refractivity contribution is -0.122. The Morgan fingerprint density at radius 2 is 1.83 bits per heavy atom. The van der Waals surface area contributed by atoms with E-state index >= 15 is 0 Å². The SMILES string of the molecule is CC(N)(Cc1cccc(COc2ccc(F)c(F)c2)c1)C(N)=O. The molecule has 4 N–H and O–H groups in total. The number of ether oxygens (including phenoxy) is 1. The van der Waals surface area contributed by atoms with Gasteiger partial charge < -0.3 is 16.2 Å². The normalized spacial score (nSPS) is 13.4. The third kappa shape index (κ3) is 4.50. The maximum atomic E-state index is 13.1. The number of rotatable bonds is 6. The van der Waals surface area contributed by atoms with Gasteiger partial charge in [-0.15, -0.1) is 0 Å². The summed E-state index contributed by atoms with van der Waals surface area (Å²) >= 11 is 0. The molecule has 1 unspecified atom stereocenters. The van der Waals surface area contributed by atoms with Crippen LogP contribution in [0.2, 0.25) is 0 Å². The summed E-state index contributed by atoms with van der Waals surface area (Å²) < 4.78 is 31.4. The van der Waals surface area contributed by atoms with Gasteiger partial charge in [0.15, 0.2) is 11.6 Å². The number of hydrogen-bond donors (Lipinski definition) is 2. The summed E-state index contributed by atoms with van der Waals surface area (Å²) in [4.78, 5) is 11.3.